The first-order chi connectivity index (χ1) is 21.2. The van der Waals surface area contributed by atoms with Gasteiger partial charge in [-0.25, -0.2) is 13.2 Å². The third-order valence-electron chi connectivity index (χ3n) is 7.57. The maximum Gasteiger partial charge on any atom is 0.407 e. The molecule has 2 saturated heterocycles. The third-order valence-corrected chi connectivity index (χ3v) is 9.98. The molecule has 1 amide bonds. The molecule has 0 unspecified atom stereocenters. The molecule has 45 heavy (non-hydrogen) atoms. The minimum absolute atomic E-state index is 0.0352. The van der Waals surface area contributed by atoms with E-state index in [9.17, 15) is 22.9 Å². The molecule has 14 nitrogen and oxygen atoms in total. The van der Waals surface area contributed by atoms with Crippen molar-refractivity contribution in [2.75, 3.05) is 45.0 Å². The molecule has 0 radical (unpaired) electrons. The first kappa shape index (κ1) is 35.1. The average Bonchev–Trinajstić information content (AvgIpc) is 3.60. The van der Waals surface area contributed by atoms with Gasteiger partial charge in [-0.15, -0.1) is 0 Å². The van der Waals surface area contributed by atoms with Crippen LogP contribution in [0.1, 0.15) is 25.8 Å². The maximum absolute atomic E-state index is 13.7. The molecular weight excluding hydrogens is 629 g/mol. The average molecular weight is 672 g/mol. The fourth-order valence-electron chi connectivity index (χ4n) is 5.27. The molecule has 2 aliphatic rings. The molecule has 5 N–H and O–H groups in total. The number of aliphatic hydroxyl groups excluding tert-OH is 1. The first-order valence-electron chi connectivity index (χ1n) is 14.6. The van der Waals surface area contributed by atoms with Gasteiger partial charge in [0.05, 0.1) is 43.3 Å². The van der Waals surface area contributed by atoms with Crippen molar-refractivity contribution >= 4 is 29.4 Å². The molecule has 16 heteroatoms. The molecule has 250 valence electrons. The van der Waals surface area contributed by atoms with E-state index in [-0.39, 0.29) is 42.8 Å². The lowest BCUT2D eigenvalue weighted by molar-refractivity contribution is -0.0907. The van der Waals surface area contributed by atoms with Crippen LogP contribution in [0, 0.1) is 11.8 Å². The maximum atomic E-state index is 13.7. The van der Waals surface area contributed by atoms with Gasteiger partial charge in [0.25, 0.3) is 0 Å². The summed E-state index contributed by atoms with van der Waals surface area (Å²) in [5, 5.41) is 16.9. The molecule has 0 aliphatic carbocycles. The molecule has 5 atom stereocenters. The van der Waals surface area contributed by atoms with Crippen LogP contribution < -0.4 is 15.4 Å². The standard InChI is InChI=1S/C29H42N3O11PS/c1-19(2)15-32(45(38,39)23-10-8-22(40-3)9-11-23)16-26(33)25(14-20-4-6-21(7-5-20)30-18-44(35,36)37)31-29(34)43-27-17-42-28-24(27)12-13-41-28/h4-11,19,24-28,30,33H,12-18H2,1-3H3,(H,31,34)(H2,35,36,37)/t24-,25-,26+,27-,28+/m0/s1. The van der Waals surface area contributed by atoms with E-state index in [0.29, 0.717) is 30.0 Å². The normalized spacial score (nSPS) is 21.4. The van der Waals surface area contributed by atoms with Crippen molar-refractivity contribution in [3.05, 3.63) is 54.1 Å². The number of benzene rings is 2. The SMILES string of the molecule is COc1ccc(S(=O)(=O)N(CC(C)C)C[C@@H](O)[C@H](Cc2ccc(NCP(=O)(O)O)cc2)NC(=O)O[C@H]2CO[C@H]3OCC[C@H]32)cc1. The molecule has 2 aliphatic heterocycles. The van der Waals surface area contributed by atoms with E-state index in [2.05, 4.69) is 10.6 Å². The second kappa shape index (κ2) is 15.2. The van der Waals surface area contributed by atoms with Crippen molar-refractivity contribution in [3.63, 3.8) is 0 Å². The highest BCUT2D eigenvalue weighted by molar-refractivity contribution is 7.89. The Morgan fingerprint density at radius 1 is 1.09 bits per heavy atom. The first-order valence-corrected chi connectivity index (χ1v) is 17.9. The van der Waals surface area contributed by atoms with Crippen molar-refractivity contribution in [3.8, 4) is 5.75 Å². The smallest absolute Gasteiger partial charge is 0.407 e. The van der Waals surface area contributed by atoms with Gasteiger partial charge in [0.1, 0.15) is 18.1 Å². The second-order valence-electron chi connectivity index (χ2n) is 11.6. The second-order valence-corrected chi connectivity index (χ2v) is 15.2. The highest BCUT2D eigenvalue weighted by Gasteiger charge is 2.44. The van der Waals surface area contributed by atoms with Gasteiger partial charge in [0, 0.05) is 18.8 Å². The van der Waals surface area contributed by atoms with Crippen LogP contribution in [0.15, 0.2) is 53.4 Å². The summed E-state index contributed by atoms with van der Waals surface area (Å²) in [5.74, 6) is 0.334. The summed E-state index contributed by atoms with van der Waals surface area (Å²) in [6, 6.07) is 11.6. The largest absolute Gasteiger partial charge is 0.497 e. The zero-order valence-corrected chi connectivity index (χ0v) is 27.2. The Labute approximate surface area is 263 Å². The van der Waals surface area contributed by atoms with Crippen molar-refractivity contribution < 1.29 is 51.6 Å². The molecule has 0 spiro atoms. The quantitative estimate of drug-likeness (QED) is 0.174. The van der Waals surface area contributed by atoms with Gasteiger partial charge in [-0.1, -0.05) is 26.0 Å². The number of hydrogen-bond donors (Lipinski definition) is 5. The number of fused-ring (bicyclic) bond motifs is 1. The fourth-order valence-corrected chi connectivity index (χ4v) is 7.28. The molecule has 2 fully saturated rings. The fraction of sp³-hybridized carbons (Fsp3) is 0.552. The number of anilines is 1. The van der Waals surface area contributed by atoms with E-state index in [1.807, 2.05) is 13.8 Å². The molecule has 2 aromatic rings. The lowest BCUT2D eigenvalue weighted by Gasteiger charge is -2.31. The van der Waals surface area contributed by atoms with E-state index in [1.165, 1.54) is 23.5 Å². The van der Waals surface area contributed by atoms with E-state index < -0.39 is 54.5 Å². The van der Waals surface area contributed by atoms with Gasteiger partial charge in [-0.3, -0.25) is 4.57 Å². The summed E-state index contributed by atoms with van der Waals surface area (Å²) in [5.41, 5.74) is 1.14. The zero-order chi connectivity index (χ0) is 32.8. The Balaban J connectivity index is 1.53. The van der Waals surface area contributed by atoms with E-state index in [4.69, 9.17) is 28.7 Å². The number of nitrogens with zero attached hydrogens (tertiary/aromatic N) is 1. The van der Waals surface area contributed by atoms with Gasteiger partial charge in [-0.05, 0) is 60.7 Å². The summed E-state index contributed by atoms with van der Waals surface area (Å²) >= 11 is 0. The number of nitrogens with one attached hydrogen (secondary N) is 2. The molecule has 2 heterocycles. The summed E-state index contributed by atoms with van der Waals surface area (Å²) in [7, 11) is -6.81. The van der Waals surface area contributed by atoms with Crippen molar-refractivity contribution in [2.24, 2.45) is 11.8 Å². The highest BCUT2D eigenvalue weighted by Crippen LogP contribution is 2.34. The minimum atomic E-state index is -4.26. The molecule has 0 aromatic heterocycles. The van der Waals surface area contributed by atoms with Crippen molar-refractivity contribution in [1.29, 1.82) is 0 Å². The number of sulfonamides is 1. The predicted octanol–water partition coefficient (Wildman–Crippen LogP) is 2.35. The number of ether oxygens (including phenoxy) is 4. The summed E-state index contributed by atoms with van der Waals surface area (Å²) in [6.45, 7) is 4.21. The number of alkyl carbamates (subject to hydrolysis) is 1. The van der Waals surface area contributed by atoms with Crippen molar-refractivity contribution in [2.45, 2.75) is 56.1 Å². The van der Waals surface area contributed by atoms with E-state index in [0.717, 1.165) is 0 Å². The predicted molar refractivity (Wildman–Crippen MR) is 164 cm³/mol. The van der Waals surface area contributed by atoms with Crippen LogP contribution in [0.3, 0.4) is 0 Å². The van der Waals surface area contributed by atoms with Gasteiger partial charge in [0.2, 0.25) is 10.0 Å². The number of aliphatic hydroxyl groups is 1. The van der Waals surface area contributed by atoms with Crippen LogP contribution in [0.25, 0.3) is 0 Å². The van der Waals surface area contributed by atoms with Crippen LogP contribution >= 0.6 is 7.60 Å². The van der Waals surface area contributed by atoms with Crippen LogP contribution in [-0.4, -0.2) is 97.9 Å². The van der Waals surface area contributed by atoms with Gasteiger partial charge >= 0.3 is 13.7 Å². The molecule has 2 aromatic carbocycles. The number of methoxy groups -OCH3 is 1. The summed E-state index contributed by atoms with van der Waals surface area (Å²) < 4.78 is 61.6. The Bertz CT molecular complexity index is 1420. The molecular formula is C29H42N3O11PS. The van der Waals surface area contributed by atoms with E-state index in [1.54, 1.807) is 36.4 Å². The van der Waals surface area contributed by atoms with E-state index >= 15 is 0 Å². The summed E-state index contributed by atoms with van der Waals surface area (Å²) in [4.78, 5) is 31.4. The van der Waals surface area contributed by atoms with Gasteiger partial charge in [-0.2, -0.15) is 4.31 Å². The third kappa shape index (κ3) is 9.87. The number of amides is 1. The number of carbonyl (C=O) groups is 1. The lowest BCUT2D eigenvalue weighted by atomic mass is 10.0. The van der Waals surface area contributed by atoms with Gasteiger partial charge in [0.15, 0.2) is 6.29 Å². The highest BCUT2D eigenvalue weighted by atomic mass is 32.2. The number of carbonyl (C=O) groups excluding carboxylic acids is 1. The Morgan fingerprint density at radius 2 is 1.78 bits per heavy atom. The van der Waals surface area contributed by atoms with Crippen molar-refractivity contribution in [1.82, 2.24) is 9.62 Å². The lowest BCUT2D eigenvalue weighted by Crippen LogP contribution is -2.51. The van der Waals surface area contributed by atoms with Crippen LogP contribution in [-0.2, 0) is 35.2 Å². The summed E-state index contributed by atoms with van der Waals surface area (Å²) in [6.07, 6.45) is -2.83. The van der Waals surface area contributed by atoms with Crippen LogP contribution in [0.2, 0.25) is 0 Å². The zero-order valence-electron chi connectivity index (χ0n) is 25.4. The van der Waals surface area contributed by atoms with Crippen LogP contribution in [0.5, 0.6) is 5.75 Å². The van der Waals surface area contributed by atoms with Gasteiger partial charge < -0.3 is 44.5 Å². The number of rotatable bonds is 15. The molecule has 0 saturated carbocycles. The number of hydrogen-bond acceptors (Lipinski definition) is 10. The van der Waals surface area contributed by atoms with Crippen LogP contribution in [0.4, 0.5) is 10.5 Å². The monoisotopic (exact) mass is 671 g/mol. The Kier molecular flexibility index (Phi) is 11.9. The Hall–Kier alpha value is -2.75. The molecule has 0 bridgehead atoms. The minimum Gasteiger partial charge on any atom is -0.497 e. The Morgan fingerprint density at radius 3 is 2.40 bits per heavy atom. The molecule has 4 rings (SSSR count). The topological polar surface area (TPSA) is 193 Å².